The van der Waals surface area contributed by atoms with Crippen LogP contribution in [0.3, 0.4) is 0 Å². The van der Waals surface area contributed by atoms with Crippen LogP contribution in [0.1, 0.15) is 11.3 Å². The third kappa shape index (κ3) is 3.68. The van der Waals surface area contributed by atoms with Gasteiger partial charge in [-0.05, 0) is 30.6 Å². The number of nitrogens with one attached hydrogen (secondary N) is 1. The number of amides is 1. The molecule has 98 valence electrons. The highest BCUT2D eigenvalue weighted by Crippen LogP contribution is 2.21. The molecule has 5 nitrogen and oxygen atoms in total. The second-order valence-corrected chi connectivity index (χ2v) is 4.99. The van der Waals surface area contributed by atoms with Crippen molar-refractivity contribution in [2.75, 3.05) is 18.9 Å². The fourth-order valence-corrected chi connectivity index (χ4v) is 2.38. The molecule has 0 aliphatic carbocycles. The highest BCUT2D eigenvalue weighted by molar-refractivity contribution is 7.14. The highest BCUT2D eigenvalue weighted by Gasteiger charge is 2.11. The third-order valence-corrected chi connectivity index (χ3v) is 3.29. The Kier molecular flexibility index (Phi) is 4.34. The Balaban J connectivity index is 1.86. The van der Waals surface area contributed by atoms with Crippen LogP contribution in [0.15, 0.2) is 34.3 Å². The van der Waals surface area contributed by atoms with Crippen molar-refractivity contribution >= 4 is 22.2 Å². The van der Waals surface area contributed by atoms with Gasteiger partial charge >= 0.3 is 0 Å². The van der Waals surface area contributed by atoms with Gasteiger partial charge in [-0.15, -0.1) is 11.3 Å². The summed E-state index contributed by atoms with van der Waals surface area (Å²) in [4.78, 5) is 13.7. The summed E-state index contributed by atoms with van der Waals surface area (Å²) >= 11 is 1.34. The minimum absolute atomic E-state index is 0.145. The van der Waals surface area contributed by atoms with Gasteiger partial charge in [-0.2, -0.15) is 5.26 Å². The summed E-state index contributed by atoms with van der Waals surface area (Å²) in [5, 5.41) is 14.0. The number of nitrogens with zero attached hydrogens (tertiary/aromatic N) is 2. The van der Waals surface area contributed by atoms with E-state index < -0.39 is 0 Å². The zero-order valence-corrected chi connectivity index (χ0v) is 11.2. The number of rotatable bonds is 5. The quantitative estimate of drug-likeness (QED) is 0.909. The minimum atomic E-state index is -0.145. The van der Waals surface area contributed by atoms with Crippen molar-refractivity contribution in [2.24, 2.45) is 0 Å². The fraction of sp³-hybridized carbons (Fsp3) is 0.231. The summed E-state index contributed by atoms with van der Waals surface area (Å²) in [6.45, 7) is 0.805. The second kappa shape index (κ2) is 6.18. The molecular weight excluding hydrogens is 262 g/mol. The van der Waals surface area contributed by atoms with Gasteiger partial charge in [-0.25, -0.2) is 0 Å². The first-order chi connectivity index (χ1) is 9.19. The molecule has 2 rings (SSSR count). The van der Waals surface area contributed by atoms with E-state index in [2.05, 4.69) is 5.32 Å². The molecule has 1 N–H and O–H groups in total. The van der Waals surface area contributed by atoms with Gasteiger partial charge in [0.15, 0.2) is 0 Å². The molecule has 0 aromatic carbocycles. The van der Waals surface area contributed by atoms with Gasteiger partial charge in [0.05, 0.1) is 24.9 Å². The molecule has 2 heterocycles. The Bertz CT molecular complexity index is 583. The van der Waals surface area contributed by atoms with E-state index in [1.807, 2.05) is 30.1 Å². The Morgan fingerprint density at radius 2 is 2.42 bits per heavy atom. The van der Waals surface area contributed by atoms with Gasteiger partial charge < -0.3 is 9.73 Å². The van der Waals surface area contributed by atoms with E-state index in [1.165, 1.54) is 11.3 Å². The summed E-state index contributed by atoms with van der Waals surface area (Å²) in [6, 6.07) is 7.40. The summed E-state index contributed by atoms with van der Waals surface area (Å²) < 4.78 is 5.21. The molecule has 0 saturated heterocycles. The monoisotopic (exact) mass is 275 g/mol. The summed E-state index contributed by atoms with van der Waals surface area (Å²) in [7, 11) is 1.84. The average molecular weight is 275 g/mol. The van der Waals surface area contributed by atoms with Crippen molar-refractivity contribution in [2.45, 2.75) is 6.54 Å². The van der Waals surface area contributed by atoms with Gasteiger partial charge in [0.25, 0.3) is 0 Å². The van der Waals surface area contributed by atoms with E-state index >= 15 is 0 Å². The predicted molar refractivity (Wildman–Crippen MR) is 72.7 cm³/mol. The molecule has 0 bridgehead atoms. The molecule has 2 aromatic heterocycles. The van der Waals surface area contributed by atoms with Crippen molar-refractivity contribution in [3.63, 3.8) is 0 Å². The first-order valence-corrected chi connectivity index (χ1v) is 6.55. The van der Waals surface area contributed by atoms with Crippen LogP contribution in [0.2, 0.25) is 0 Å². The Labute approximate surface area is 115 Å². The Hall–Kier alpha value is -2.10. The van der Waals surface area contributed by atoms with Crippen LogP contribution in [-0.2, 0) is 11.3 Å². The number of anilines is 1. The number of furan rings is 1. The smallest absolute Gasteiger partial charge is 0.239 e. The Morgan fingerprint density at radius 1 is 1.58 bits per heavy atom. The molecule has 0 unspecified atom stereocenters. The molecule has 19 heavy (non-hydrogen) atoms. The van der Waals surface area contributed by atoms with E-state index in [0.29, 0.717) is 17.1 Å². The van der Waals surface area contributed by atoms with E-state index in [1.54, 1.807) is 17.7 Å². The van der Waals surface area contributed by atoms with Crippen LogP contribution in [0.25, 0.3) is 0 Å². The number of thiophene rings is 1. The first-order valence-electron chi connectivity index (χ1n) is 5.67. The largest absolute Gasteiger partial charge is 0.468 e. The molecule has 0 saturated carbocycles. The standard InChI is InChI=1S/C13H13N3O2S/c1-16(8-11-3-2-5-18-11)9-12(17)15-13-10(7-14)4-6-19-13/h2-6H,8-9H2,1H3,(H,15,17). The maximum absolute atomic E-state index is 11.8. The molecule has 6 heteroatoms. The molecular formula is C13H13N3O2S. The minimum Gasteiger partial charge on any atom is -0.468 e. The zero-order valence-electron chi connectivity index (χ0n) is 10.4. The zero-order chi connectivity index (χ0) is 13.7. The van der Waals surface area contributed by atoms with Gasteiger partial charge in [0.1, 0.15) is 16.8 Å². The van der Waals surface area contributed by atoms with Crippen LogP contribution >= 0.6 is 11.3 Å². The lowest BCUT2D eigenvalue weighted by Gasteiger charge is -2.14. The Morgan fingerprint density at radius 3 is 3.11 bits per heavy atom. The molecule has 0 spiro atoms. The van der Waals surface area contributed by atoms with E-state index in [4.69, 9.17) is 9.68 Å². The number of likely N-dealkylation sites (N-methyl/N-ethyl adjacent to an activating group) is 1. The maximum Gasteiger partial charge on any atom is 0.239 e. The molecule has 1 amide bonds. The van der Waals surface area contributed by atoms with Crippen molar-refractivity contribution in [3.05, 3.63) is 41.2 Å². The number of hydrogen-bond donors (Lipinski definition) is 1. The van der Waals surface area contributed by atoms with Crippen molar-refractivity contribution in [1.82, 2.24) is 4.90 Å². The van der Waals surface area contributed by atoms with E-state index in [0.717, 1.165) is 5.76 Å². The summed E-state index contributed by atoms with van der Waals surface area (Å²) in [5.74, 6) is 0.664. The second-order valence-electron chi connectivity index (χ2n) is 4.08. The lowest BCUT2D eigenvalue weighted by atomic mass is 10.3. The lowest BCUT2D eigenvalue weighted by molar-refractivity contribution is -0.117. The normalized spacial score (nSPS) is 10.4. The van der Waals surface area contributed by atoms with Gasteiger partial charge in [-0.3, -0.25) is 9.69 Å². The highest BCUT2D eigenvalue weighted by atomic mass is 32.1. The fourth-order valence-electron chi connectivity index (χ4n) is 1.63. The van der Waals surface area contributed by atoms with Crippen LogP contribution < -0.4 is 5.32 Å². The molecule has 2 aromatic rings. The maximum atomic E-state index is 11.8. The molecule has 0 radical (unpaired) electrons. The first kappa shape index (κ1) is 13.3. The van der Waals surface area contributed by atoms with E-state index in [9.17, 15) is 4.79 Å². The van der Waals surface area contributed by atoms with Crippen molar-refractivity contribution in [3.8, 4) is 6.07 Å². The van der Waals surface area contributed by atoms with E-state index in [-0.39, 0.29) is 12.5 Å². The third-order valence-electron chi connectivity index (χ3n) is 2.46. The van der Waals surface area contributed by atoms with Crippen molar-refractivity contribution < 1.29 is 9.21 Å². The number of carbonyl (C=O) groups excluding carboxylic acids is 1. The summed E-state index contributed by atoms with van der Waals surface area (Å²) in [6.07, 6.45) is 1.61. The van der Waals surface area contributed by atoms with Crippen LogP contribution in [-0.4, -0.2) is 24.4 Å². The van der Waals surface area contributed by atoms with Crippen LogP contribution in [0.5, 0.6) is 0 Å². The number of hydrogen-bond acceptors (Lipinski definition) is 5. The van der Waals surface area contributed by atoms with Crippen LogP contribution in [0.4, 0.5) is 5.00 Å². The van der Waals surface area contributed by atoms with Crippen molar-refractivity contribution in [1.29, 1.82) is 5.26 Å². The molecule has 0 atom stereocenters. The number of nitriles is 1. The summed E-state index contributed by atoms with van der Waals surface area (Å²) in [5.41, 5.74) is 0.493. The van der Waals surface area contributed by atoms with Gasteiger partial charge in [-0.1, -0.05) is 0 Å². The lowest BCUT2D eigenvalue weighted by Crippen LogP contribution is -2.29. The SMILES string of the molecule is CN(CC(=O)Nc1sccc1C#N)Cc1ccco1. The predicted octanol–water partition coefficient (Wildman–Crippen LogP) is 2.28. The topological polar surface area (TPSA) is 69.3 Å². The van der Waals surface area contributed by atoms with Crippen LogP contribution in [0, 0.1) is 11.3 Å². The van der Waals surface area contributed by atoms with Gasteiger partial charge in [0.2, 0.25) is 5.91 Å². The number of carbonyl (C=O) groups is 1. The molecule has 0 fully saturated rings. The van der Waals surface area contributed by atoms with Gasteiger partial charge in [0, 0.05) is 0 Å². The average Bonchev–Trinajstić information content (AvgIpc) is 2.99. The molecule has 0 aliphatic heterocycles. The molecule has 0 aliphatic rings.